The molecule has 1 aliphatic carbocycles. The van der Waals surface area contributed by atoms with E-state index >= 15 is 0 Å². The molecule has 0 amide bonds. The van der Waals surface area contributed by atoms with Gasteiger partial charge < -0.3 is 10.2 Å². The summed E-state index contributed by atoms with van der Waals surface area (Å²) in [6.45, 7) is 4.06. The fourth-order valence-electron chi connectivity index (χ4n) is 3.20. The van der Waals surface area contributed by atoms with Crippen LogP contribution in [-0.4, -0.2) is 32.0 Å². The van der Waals surface area contributed by atoms with Crippen LogP contribution in [0.3, 0.4) is 0 Å². The standard InChI is InChI=1S/C17H16N2O/c20-16-7-5-12-4-6-15(19-10-8-18-9-11-19)13-2-1-3-14(16)17(12)13/h1-7,18H,8-11H2. The second-order valence-corrected chi connectivity index (χ2v) is 5.34. The van der Waals surface area contributed by atoms with Crippen LogP contribution >= 0.6 is 0 Å². The van der Waals surface area contributed by atoms with E-state index in [1.807, 2.05) is 18.2 Å². The van der Waals surface area contributed by atoms with Crippen molar-refractivity contribution < 1.29 is 4.79 Å². The lowest BCUT2D eigenvalue weighted by atomic mass is 9.91. The Bertz CT molecular complexity index is 727. The predicted molar refractivity (Wildman–Crippen MR) is 82.4 cm³/mol. The van der Waals surface area contributed by atoms with E-state index < -0.39 is 0 Å². The number of allylic oxidation sites excluding steroid dienone is 1. The predicted octanol–water partition coefficient (Wildman–Crippen LogP) is 2.46. The summed E-state index contributed by atoms with van der Waals surface area (Å²) >= 11 is 0. The van der Waals surface area contributed by atoms with Crippen molar-refractivity contribution in [3.8, 4) is 0 Å². The second-order valence-electron chi connectivity index (χ2n) is 5.34. The van der Waals surface area contributed by atoms with Crippen LogP contribution < -0.4 is 10.2 Å². The van der Waals surface area contributed by atoms with E-state index in [4.69, 9.17) is 0 Å². The molecule has 0 atom stereocenters. The minimum absolute atomic E-state index is 0.112. The maximum atomic E-state index is 12.0. The molecule has 100 valence electrons. The number of rotatable bonds is 1. The molecule has 0 spiro atoms. The van der Waals surface area contributed by atoms with Gasteiger partial charge in [-0.25, -0.2) is 0 Å². The molecule has 2 aromatic rings. The smallest absolute Gasteiger partial charge is 0.186 e. The zero-order chi connectivity index (χ0) is 13.5. The molecule has 1 saturated heterocycles. The van der Waals surface area contributed by atoms with Crippen molar-refractivity contribution in [3.63, 3.8) is 0 Å². The first-order valence-electron chi connectivity index (χ1n) is 7.08. The van der Waals surface area contributed by atoms with E-state index in [0.717, 1.165) is 42.7 Å². The summed E-state index contributed by atoms with van der Waals surface area (Å²) in [5.74, 6) is 0.112. The van der Waals surface area contributed by atoms with Gasteiger partial charge in [0, 0.05) is 48.2 Å². The van der Waals surface area contributed by atoms with Gasteiger partial charge in [0.25, 0.3) is 0 Å². The van der Waals surface area contributed by atoms with E-state index in [9.17, 15) is 4.79 Å². The van der Waals surface area contributed by atoms with E-state index in [0.29, 0.717) is 0 Å². The third kappa shape index (κ3) is 1.67. The summed E-state index contributed by atoms with van der Waals surface area (Å²) in [5.41, 5.74) is 3.22. The Morgan fingerprint density at radius 1 is 1.00 bits per heavy atom. The Labute approximate surface area is 117 Å². The maximum absolute atomic E-state index is 12.0. The Balaban J connectivity index is 1.96. The molecule has 1 fully saturated rings. The first kappa shape index (κ1) is 11.7. The summed E-state index contributed by atoms with van der Waals surface area (Å²) in [6, 6.07) is 10.4. The molecule has 0 unspecified atom stereocenters. The summed E-state index contributed by atoms with van der Waals surface area (Å²) in [6.07, 6.45) is 3.60. The van der Waals surface area contributed by atoms with Gasteiger partial charge >= 0.3 is 0 Å². The van der Waals surface area contributed by atoms with Crippen LogP contribution in [0.2, 0.25) is 0 Å². The molecule has 0 radical (unpaired) electrons. The highest BCUT2D eigenvalue weighted by molar-refractivity contribution is 6.21. The van der Waals surface area contributed by atoms with Crippen molar-refractivity contribution in [1.82, 2.24) is 5.32 Å². The number of carbonyl (C=O) groups excluding carboxylic acids is 1. The molecule has 0 saturated carbocycles. The van der Waals surface area contributed by atoms with Crippen molar-refractivity contribution in [2.45, 2.75) is 0 Å². The SMILES string of the molecule is O=C1C=Cc2ccc(N3CCNCC3)c3cccc1c23. The third-order valence-corrected chi connectivity index (χ3v) is 4.19. The lowest BCUT2D eigenvalue weighted by Crippen LogP contribution is -2.43. The average molecular weight is 264 g/mol. The number of hydrogen-bond donors (Lipinski definition) is 1. The zero-order valence-electron chi connectivity index (χ0n) is 11.2. The van der Waals surface area contributed by atoms with Crippen molar-refractivity contribution in [2.24, 2.45) is 0 Å². The third-order valence-electron chi connectivity index (χ3n) is 4.19. The quantitative estimate of drug-likeness (QED) is 0.858. The molecule has 3 nitrogen and oxygen atoms in total. The number of ketones is 1. The van der Waals surface area contributed by atoms with Gasteiger partial charge in [-0.15, -0.1) is 0 Å². The number of carbonyl (C=O) groups is 1. The number of nitrogens with one attached hydrogen (secondary N) is 1. The van der Waals surface area contributed by atoms with Crippen LogP contribution in [0.15, 0.2) is 36.4 Å². The molecule has 0 bridgehead atoms. The molecule has 0 aromatic heterocycles. The van der Waals surface area contributed by atoms with E-state index in [-0.39, 0.29) is 5.78 Å². The first-order valence-corrected chi connectivity index (χ1v) is 7.08. The van der Waals surface area contributed by atoms with Gasteiger partial charge in [-0.3, -0.25) is 4.79 Å². The van der Waals surface area contributed by atoms with Crippen molar-refractivity contribution in [1.29, 1.82) is 0 Å². The Morgan fingerprint density at radius 3 is 2.70 bits per heavy atom. The van der Waals surface area contributed by atoms with Crippen molar-refractivity contribution >= 4 is 28.3 Å². The lowest BCUT2D eigenvalue weighted by Gasteiger charge is -2.31. The molecule has 2 aromatic carbocycles. The van der Waals surface area contributed by atoms with Crippen LogP contribution in [0.25, 0.3) is 16.8 Å². The largest absolute Gasteiger partial charge is 0.368 e. The summed E-state index contributed by atoms with van der Waals surface area (Å²) in [4.78, 5) is 14.5. The Morgan fingerprint density at radius 2 is 1.85 bits per heavy atom. The van der Waals surface area contributed by atoms with Gasteiger partial charge in [0.1, 0.15) is 0 Å². The topological polar surface area (TPSA) is 32.3 Å². The minimum atomic E-state index is 0.112. The normalized spacial score (nSPS) is 17.8. The zero-order valence-corrected chi connectivity index (χ0v) is 11.2. The highest BCUT2D eigenvalue weighted by Gasteiger charge is 2.19. The van der Waals surface area contributed by atoms with Crippen LogP contribution in [-0.2, 0) is 0 Å². The average Bonchev–Trinajstić information content (AvgIpc) is 2.52. The molecule has 1 aliphatic heterocycles. The van der Waals surface area contributed by atoms with Crippen LogP contribution in [0, 0.1) is 0 Å². The van der Waals surface area contributed by atoms with Crippen molar-refractivity contribution in [2.75, 3.05) is 31.1 Å². The highest BCUT2D eigenvalue weighted by Crippen LogP contribution is 2.35. The molecule has 3 heteroatoms. The number of benzene rings is 2. The Hall–Kier alpha value is -2.13. The molecule has 1 N–H and O–H groups in total. The number of anilines is 1. The van der Waals surface area contributed by atoms with Gasteiger partial charge in [0.05, 0.1) is 0 Å². The van der Waals surface area contributed by atoms with Crippen LogP contribution in [0.1, 0.15) is 15.9 Å². The monoisotopic (exact) mass is 264 g/mol. The van der Waals surface area contributed by atoms with Gasteiger partial charge in [-0.2, -0.15) is 0 Å². The number of nitrogens with zero attached hydrogens (tertiary/aromatic N) is 1. The van der Waals surface area contributed by atoms with Gasteiger partial charge in [-0.1, -0.05) is 30.3 Å². The lowest BCUT2D eigenvalue weighted by molar-refractivity contribution is 0.104. The second kappa shape index (κ2) is 4.46. The molecular formula is C17H16N2O. The van der Waals surface area contributed by atoms with Crippen LogP contribution in [0.4, 0.5) is 5.69 Å². The summed E-state index contributed by atoms with van der Waals surface area (Å²) in [7, 11) is 0. The molecular weight excluding hydrogens is 248 g/mol. The molecule has 2 aliphatic rings. The minimum Gasteiger partial charge on any atom is -0.368 e. The first-order chi connectivity index (χ1) is 9.84. The number of piperazine rings is 1. The van der Waals surface area contributed by atoms with E-state index in [1.165, 1.54) is 11.1 Å². The summed E-state index contributed by atoms with van der Waals surface area (Å²) < 4.78 is 0. The number of hydrogen-bond acceptors (Lipinski definition) is 3. The van der Waals surface area contributed by atoms with Crippen LogP contribution in [0.5, 0.6) is 0 Å². The molecule has 20 heavy (non-hydrogen) atoms. The van der Waals surface area contributed by atoms with E-state index in [2.05, 4.69) is 28.4 Å². The van der Waals surface area contributed by atoms with Gasteiger partial charge in [0.15, 0.2) is 5.78 Å². The van der Waals surface area contributed by atoms with E-state index in [1.54, 1.807) is 6.08 Å². The van der Waals surface area contributed by atoms with Gasteiger partial charge in [-0.05, 0) is 17.7 Å². The fraction of sp³-hybridized carbons (Fsp3) is 0.235. The highest BCUT2D eigenvalue weighted by atomic mass is 16.1. The fourth-order valence-corrected chi connectivity index (χ4v) is 3.20. The van der Waals surface area contributed by atoms with Gasteiger partial charge in [0.2, 0.25) is 0 Å². The summed E-state index contributed by atoms with van der Waals surface area (Å²) in [5, 5.41) is 5.68. The maximum Gasteiger partial charge on any atom is 0.186 e. The van der Waals surface area contributed by atoms with Crippen molar-refractivity contribution in [3.05, 3.63) is 47.5 Å². The molecule has 4 rings (SSSR count). The Kier molecular flexibility index (Phi) is 2.60. The molecule has 1 heterocycles.